The van der Waals surface area contributed by atoms with E-state index < -0.39 is 0 Å². The van der Waals surface area contributed by atoms with Gasteiger partial charge in [0.15, 0.2) is 0 Å². The van der Waals surface area contributed by atoms with Gasteiger partial charge in [0.1, 0.15) is 10.8 Å². The Bertz CT molecular complexity index is 1030. The molecule has 0 saturated heterocycles. The van der Waals surface area contributed by atoms with Crippen LogP contribution in [0.1, 0.15) is 63.4 Å². The molecule has 0 saturated carbocycles. The number of rotatable bonds is 5. The minimum atomic E-state index is -0.170. The number of hydrogen-bond acceptors (Lipinski definition) is 5. The Morgan fingerprint density at radius 1 is 1.20 bits per heavy atom. The fourth-order valence-electron chi connectivity index (χ4n) is 3.89. The molecule has 30 heavy (non-hydrogen) atoms. The third-order valence-electron chi connectivity index (χ3n) is 5.69. The van der Waals surface area contributed by atoms with Gasteiger partial charge in [-0.2, -0.15) is 0 Å². The fourth-order valence-corrected chi connectivity index (χ4v) is 5.83. The maximum absolute atomic E-state index is 13.1. The van der Waals surface area contributed by atoms with Gasteiger partial charge in [0, 0.05) is 4.88 Å². The first kappa shape index (κ1) is 20.9. The third kappa shape index (κ3) is 4.37. The van der Waals surface area contributed by atoms with E-state index in [4.69, 9.17) is 4.42 Å². The van der Waals surface area contributed by atoms with Crippen LogP contribution in [0, 0.1) is 11.3 Å². The van der Waals surface area contributed by atoms with Crippen molar-refractivity contribution in [1.29, 1.82) is 0 Å². The second-order valence-corrected chi connectivity index (χ2v) is 10.8. The Labute approximate surface area is 184 Å². The van der Waals surface area contributed by atoms with E-state index in [1.54, 1.807) is 29.7 Å². The van der Waals surface area contributed by atoms with Crippen molar-refractivity contribution in [1.82, 2.24) is 5.32 Å². The van der Waals surface area contributed by atoms with Crippen molar-refractivity contribution in [3.63, 3.8) is 0 Å². The van der Waals surface area contributed by atoms with Gasteiger partial charge in [-0.1, -0.05) is 26.8 Å². The van der Waals surface area contributed by atoms with Crippen molar-refractivity contribution in [3.8, 4) is 0 Å². The van der Waals surface area contributed by atoms with Gasteiger partial charge in [0.25, 0.3) is 11.8 Å². The van der Waals surface area contributed by atoms with Crippen molar-refractivity contribution < 1.29 is 14.0 Å². The average molecular weight is 443 g/mol. The molecule has 3 aromatic heterocycles. The second-order valence-electron chi connectivity index (χ2n) is 8.71. The topological polar surface area (TPSA) is 71.3 Å². The molecule has 0 radical (unpaired) electrons. The normalized spacial score (nSPS) is 16.2. The second kappa shape index (κ2) is 8.40. The van der Waals surface area contributed by atoms with Crippen LogP contribution >= 0.6 is 22.7 Å². The Balaban J connectivity index is 1.62. The highest BCUT2D eigenvalue weighted by molar-refractivity contribution is 7.17. The largest absolute Gasteiger partial charge is 0.467 e. The quantitative estimate of drug-likeness (QED) is 0.530. The van der Waals surface area contributed by atoms with E-state index in [-0.39, 0.29) is 17.2 Å². The lowest BCUT2D eigenvalue weighted by Crippen LogP contribution is -2.28. The molecule has 1 aliphatic rings. The number of amides is 2. The number of carbonyl (C=O) groups excluding carboxylic acids is 2. The van der Waals surface area contributed by atoms with Crippen LogP contribution in [0.4, 0.5) is 5.00 Å². The number of carbonyl (C=O) groups is 2. The van der Waals surface area contributed by atoms with Crippen LogP contribution in [0.25, 0.3) is 0 Å². The Kier molecular flexibility index (Phi) is 5.84. The molecule has 0 spiro atoms. The third-order valence-corrected chi connectivity index (χ3v) is 7.73. The maximum Gasteiger partial charge on any atom is 0.266 e. The molecule has 5 nitrogen and oxygen atoms in total. The van der Waals surface area contributed by atoms with Crippen LogP contribution < -0.4 is 10.6 Å². The van der Waals surface area contributed by atoms with Gasteiger partial charge >= 0.3 is 0 Å². The van der Waals surface area contributed by atoms with Crippen LogP contribution in [-0.2, 0) is 19.4 Å². The summed E-state index contributed by atoms with van der Waals surface area (Å²) in [6.45, 7) is 7.13. The zero-order chi connectivity index (χ0) is 21.3. The van der Waals surface area contributed by atoms with Crippen molar-refractivity contribution in [2.75, 3.05) is 5.32 Å². The first-order chi connectivity index (χ1) is 14.3. The van der Waals surface area contributed by atoms with Crippen molar-refractivity contribution in [2.24, 2.45) is 11.3 Å². The van der Waals surface area contributed by atoms with Gasteiger partial charge < -0.3 is 15.1 Å². The SMILES string of the molecule is CC(C)(C)C1CCc2c(sc(NC(=O)c3cccs3)c2C(=O)NCc2ccco2)C1. The monoisotopic (exact) mass is 442 g/mol. The standard InChI is InChI=1S/C23H26N2O3S2/c1-23(2,3)14-8-9-16-18(12-14)30-22(25-20(26)17-7-5-11-29-17)19(16)21(27)24-13-15-6-4-10-28-15/h4-7,10-11,14H,8-9,12-13H2,1-3H3,(H,24,27)(H,25,26). The molecule has 0 aliphatic heterocycles. The van der Waals surface area contributed by atoms with E-state index >= 15 is 0 Å². The van der Waals surface area contributed by atoms with Crippen LogP contribution in [0.3, 0.4) is 0 Å². The summed E-state index contributed by atoms with van der Waals surface area (Å²) in [5, 5.41) is 8.47. The number of anilines is 1. The van der Waals surface area contributed by atoms with Crippen molar-refractivity contribution in [2.45, 2.75) is 46.6 Å². The summed E-state index contributed by atoms with van der Waals surface area (Å²) in [4.78, 5) is 27.7. The summed E-state index contributed by atoms with van der Waals surface area (Å²) >= 11 is 2.94. The fraction of sp³-hybridized carbons (Fsp3) is 0.391. The highest BCUT2D eigenvalue weighted by Crippen LogP contribution is 2.44. The molecule has 2 N–H and O–H groups in total. The first-order valence-corrected chi connectivity index (χ1v) is 11.8. The zero-order valence-electron chi connectivity index (χ0n) is 17.4. The van der Waals surface area contributed by atoms with E-state index in [1.165, 1.54) is 16.2 Å². The highest BCUT2D eigenvalue weighted by atomic mass is 32.1. The Morgan fingerprint density at radius 2 is 2.03 bits per heavy atom. The molecular weight excluding hydrogens is 416 g/mol. The minimum absolute atomic E-state index is 0.167. The summed E-state index contributed by atoms with van der Waals surface area (Å²) < 4.78 is 5.33. The summed E-state index contributed by atoms with van der Waals surface area (Å²) in [6, 6.07) is 7.27. The minimum Gasteiger partial charge on any atom is -0.467 e. The number of furan rings is 1. The van der Waals surface area contributed by atoms with Crippen LogP contribution in [0.2, 0.25) is 0 Å². The molecule has 2 amide bonds. The summed E-state index contributed by atoms with van der Waals surface area (Å²) in [7, 11) is 0. The Hall–Kier alpha value is -2.38. The molecule has 0 bridgehead atoms. The van der Waals surface area contributed by atoms with Gasteiger partial charge in [0.05, 0.1) is 23.2 Å². The molecule has 1 unspecified atom stereocenters. The van der Waals surface area contributed by atoms with E-state index in [0.29, 0.717) is 33.7 Å². The molecule has 158 valence electrons. The number of nitrogens with one attached hydrogen (secondary N) is 2. The van der Waals surface area contributed by atoms with Crippen LogP contribution in [0.5, 0.6) is 0 Å². The lowest BCUT2D eigenvalue weighted by atomic mass is 9.72. The number of hydrogen-bond donors (Lipinski definition) is 2. The van der Waals surface area contributed by atoms with Crippen molar-refractivity contribution in [3.05, 3.63) is 62.6 Å². The van der Waals surface area contributed by atoms with Gasteiger partial charge in [0.2, 0.25) is 0 Å². The van der Waals surface area contributed by atoms with Gasteiger partial charge in [-0.05, 0) is 59.7 Å². The summed E-state index contributed by atoms with van der Waals surface area (Å²) in [6.07, 6.45) is 4.43. The molecule has 7 heteroatoms. The predicted octanol–water partition coefficient (Wildman–Crippen LogP) is 5.74. The van der Waals surface area contributed by atoms with E-state index in [2.05, 4.69) is 31.4 Å². The summed E-state index contributed by atoms with van der Waals surface area (Å²) in [5.74, 6) is 0.920. The van der Waals surface area contributed by atoms with E-state index in [1.807, 2.05) is 17.5 Å². The van der Waals surface area contributed by atoms with Gasteiger partial charge in [-0.25, -0.2) is 0 Å². The van der Waals surface area contributed by atoms with Gasteiger partial charge in [-0.3, -0.25) is 9.59 Å². The average Bonchev–Trinajstić information content (AvgIpc) is 3.45. The lowest BCUT2D eigenvalue weighted by molar-refractivity contribution is 0.0947. The summed E-state index contributed by atoms with van der Waals surface area (Å²) in [5.41, 5.74) is 1.90. The van der Waals surface area contributed by atoms with Crippen LogP contribution in [0.15, 0.2) is 40.3 Å². The van der Waals surface area contributed by atoms with Gasteiger partial charge in [-0.15, -0.1) is 22.7 Å². The predicted molar refractivity (Wildman–Crippen MR) is 121 cm³/mol. The molecular formula is C23H26N2O3S2. The smallest absolute Gasteiger partial charge is 0.266 e. The van der Waals surface area contributed by atoms with E-state index in [0.717, 1.165) is 24.8 Å². The molecule has 3 heterocycles. The molecule has 0 aromatic carbocycles. The molecule has 4 rings (SSSR count). The van der Waals surface area contributed by atoms with Crippen LogP contribution in [-0.4, -0.2) is 11.8 Å². The van der Waals surface area contributed by atoms with E-state index in [9.17, 15) is 9.59 Å². The number of thiophene rings is 2. The maximum atomic E-state index is 13.1. The Morgan fingerprint density at radius 3 is 2.70 bits per heavy atom. The molecule has 1 atom stereocenters. The van der Waals surface area contributed by atoms with Crippen molar-refractivity contribution >= 4 is 39.5 Å². The lowest BCUT2D eigenvalue weighted by Gasteiger charge is -2.33. The zero-order valence-corrected chi connectivity index (χ0v) is 19.0. The molecule has 0 fully saturated rings. The molecule has 3 aromatic rings. The molecule has 1 aliphatic carbocycles. The first-order valence-electron chi connectivity index (χ1n) is 10.1. The highest BCUT2D eigenvalue weighted by Gasteiger charge is 2.34. The number of fused-ring (bicyclic) bond motifs is 1.